The molecule has 0 spiro atoms. The van der Waals surface area contributed by atoms with Gasteiger partial charge in [0.15, 0.2) is 17.3 Å². The number of hydrogen-bond acceptors (Lipinski definition) is 3. The smallest absolute Gasteiger partial charge is 0.276 e. The van der Waals surface area contributed by atoms with Crippen LogP contribution in [0, 0.1) is 11.6 Å². The van der Waals surface area contributed by atoms with E-state index < -0.39 is 17.5 Å². The molecule has 1 aromatic heterocycles. The van der Waals surface area contributed by atoms with Gasteiger partial charge in [-0.3, -0.25) is 9.48 Å². The summed E-state index contributed by atoms with van der Waals surface area (Å²) in [6.45, 7) is 0.807. The molecule has 1 atom stereocenters. The van der Waals surface area contributed by atoms with Crippen molar-refractivity contribution in [3.8, 4) is 0 Å². The van der Waals surface area contributed by atoms with Gasteiger partial charge < -0.3 is 10.1 Å². The summed E-state index contributed by atoms with van der Waals surface area (Å²) in [5.41, 5.74) is 2.15. The van der Waals surface area contributed by atoms with Gasteiger partial charge in [-0.25, -0.2) is 8.78 Å². The number of halogens is 3. The largest absolute Gasteiger partial charge is 0.365 e. The first-order valence-electron chi connectivity index (χ1n) is 8.20. The molecular weight excluding hydrogens is 420 g/mol. The van der Waals surface area contributed by atoms with Gasteiger partial charge in [-0.15, -0.1) is 0 Å². The zero-order valence-corrected chi connectivity index (χ0v) is 15.5. The Hall–Kier alpha value is -2.58. The molecule has 0 saturated heterocycles. The molecule has 0 saturated carbocycles. The fourth-order valence-corrected chi connectivity index (χ4v) is 3.15. The molecule has 5 nitrogen and oxygen atoms in total. The van der Waals surface area contributed by atoms with Crippen LogP contribution in [0.1, 0.15) is 27.8 Å². The Morgan fingerprint density at radius 3 is 2.67 bits per heavy atom. The molecule has 2 heterocycles. The molecule has 0 radical (unpaired) electrons. The zero-order valence-electron chi connectivity index (χ0n) is 14.0. The van der Waals surface area contributed by atoms with Crippen LogP contribution in [0.3, 0.4) is 0 Å². The monoisotopic (exact) mass is 433 g/mol. The zero-order chi connectivity index (χ0) is 19.0. The van der Waals surface area contributed by atoms with Crippen molar-refractivity contribution < 1.29 is 18.3 Å². The van der Waals surface area contributed by atoms with Crippen molar-refractivity contribution in [1.82, 2.24) is 9.78 Å². The summed E-state index contributed by atoms with van der Waals surface area (Å²) in [6.07, 6.45) is -0.160. The van der Waals surface area contributed by atoms with Gasteiger partial charge in [0.2, 0.25) is 0 Å². The standard InChI is InChI=1S/C19H14BrF2N3O2/c20-12-3-1-11(2-4-12)18-9-25-14(10-27-18)8-17(24-25)19(26)23-13-5-6-15(21)16(22)7-13/h1-8,18H,9-10H2,(H,23,26)/t18-/m0/s1. The highest BCUT2D eigenvalue weighted by molar-refractivity contribution is 9.10. The summed E-state index contributed by atoms with van der Waals surface area (Å²) in [7, 11) is 0. The molecule has 1 amide bonds. The van der Waals surface area contributed by atoms with Crippen LogP contribution in [-0.2, 0) is 17.9 Å². The Morgan fingerprint density at radius 1 is 1.15 bits per heavy atom. The predicted molar refractivity (Wildman–Crippen MR) is 98.2 cm³/mol. The molecule has 3 aromatic rings. The highest BCUT2D eigenvalue weighted by Gasteiger charge is 2.24. The first kappa shape index (κ1) is 17.8. The average molecular weight is 434 g/mol. The van der Waals surface area contributed by atoms with E-state index in [1.165, 1.54) is 6.07 Å². The number of fused-ring (bicyclic) bond motifs is 1. The van der Waals surface area contributed by atoms with Gasteiger partial charge in [0, 0.05) is 16.2 Å². The average Bonchev–Trinajstić information content (AvgIpc) is 3.09. The van der Waals surface area contributed by atoms with E-state index in [0.717, 1.165) is 27.9 Å². The van der Waals surface area contributed by atoms with Crippen molar-refractivity contribution in [1.29, 1.82) is 0 Å². The van der Waals surface area contributed by atoms with E-state index in [0.29, 0.717) is 13.2 Å². The van der Waals surface area contributed by atoms with Crippen LogP contribution in [-0.4, -0.2) is 15.7 Å². The summed E-state index contributed by atoms with van der Waals surface area (Å²) in [6, 6.07) is 12.6. The van der Waals surface area contributed by atoms with Crippen molar-refractivity contribution in [3.63, 3.8) is 0 Å². The van der Waals surface area contributed by atoms with Crippen molar-refractivity contribution in [3.05, 3.63) is 81.6 Å². The van der Waals surface area contributed by atoms with E-state index in [1.807, 2.05) is 24.3 Å². The number of carbonyl (C=O) groups excluding carboxylic acids is 1. The molecular formula is C19H14BrF2N3O2. The summed E-state index contributed by atoms with van der Waals surface area (Å²) < 4.78 is 34.9. The number of rotatable bonds is 3. The van der Waals surface area contributed by atoms with Crippen LogP contribution in [0.5, 0.6) is 0 Å². The summed E-state index contributed by atoms with van der Waals surface area (Å²) in [5.74, 6) is -2.49. The van der Waals surface area contributed by atoms with Crippen molar-refractivity contribution in [2.24, 2.45) is 0 Å². The third-order valence-electron chi connectivity index (χ3n) is 4.29. The number of hydrogen-bond donors (Lipinski definition) is 1. The van der Waals surface area contributed by atoms with Gasteiger partial charge in [-0.2, -0.15) is 5.10 Å². The summed E-state index contributed by atoms with van der Waals surface area (Å²) >= 11 is 3.40. The van der Waals surface area contributed by atoms with E-state index >= 15 is 0 Å². The predicted octanol–water partition coefficient (Wildman–Crippen LogP) is 4.45. The maximum absolute atomic E-state index is 13.3. The first-order chi connectivity index (χ1) is 13.0. The number of nitrogens with one attached hydrogen (secondary N) is 1. The van der Waals surface area contributed by atoms with Gasteiger partial charge in [0.1, 0.15) is 6.10 Å². The minimum atomic E-state index is -1.03. The molecule has 8 heteroatoms. The molecule has 2 aromatic carbocycles. The lowest BCUT2D eigenvalue weighted by atomic mass is 10.1. The van der Waals surface area contributed by atoms with Crippen LogP contribution in [0.4, 0.5) is 14.5 Å². The number of nitrogens with zero attached hydrogens (tertiary/aromatic N) is 2. The van der Waals surface area contributed by atoms with E-state index in [4.69, 9.17) is 4.74 Å². The molecule has 1 aliphatic rings. The Labute approximate surface area is 162 Å². The SMILES string of the molecule is O=C(Nc1ccc(F)c(F)c1)c1cc2n(n1)C[C@@H](c1ccc(Br)cc1)OC2. The highest BCUT2D eigenvalue weighted by Crippen LogP contribution is 2.27. The molecule has 4 rings (SSSR count). The molecule has 0 fully saturated rings. The van der Waals surface area contributed by atoms with Crippen molar-refractivity contribution in [2.45, 2.75) is 19.3 Å². The van der Waals surface area contributed by atoms with E-state index in [-0.39, 0.29) is 17.5 Å². The second-order valence-corrected chi connectivity index (χ2v) is 7.05. The van der Waals surface area contributed by atoms with Gasteiger partial charge in [-0.1, -0.05) is 28.1 Å². The van der Waals surface area contributed by atoms with Crippen molar-refractivity contribution >= 4 is 27.5 Å². The third-order valence-corrected chi connectivity index (χ3v) is 4.82. The Morgan fingerprint density at radius 2 is 1.93 bits per heavy atom. The van der Waals surface area contributed by atoms with Crippen LogP contribution < -0.4 is 5.32 Å². The van der Waals surface area contributed by atoms with Gasteiger partial charge in [0.25, 0.3) is 5.91 Å². The first-order valence-corrected chi connectivity index (χ1v) is 8.99. The minimum Gasteiger partial charge on any atom is -0.365 e. The fraction of sp³-hybridized carbons (Fsp3) is 0.158. The maximum atomic E-state index is 13.3. The third kappa shape index (κ3) is 3.77. The van der Waals surface area contributed by atoms with E-state index in [1.54, 1.807) is 10.7 Å². The quantitative estimate of drug-likeness (QED) is 0.663. The Kier molecular flexibility index (Phi) is 4.75. The van der Waals surface area contributed by atoms with Gasteiger partial charge >= 0.3 is 0 Å². The fourth-order valence-electron chi connectivity index (χ4n) is 2.88. The number of amides is 1. The molecule has 0 aliphatic carbocycles. The number of carbonyl (C=O) groups is 1. The maximum Gasteiger partial charge on any atom is 0.276 e. The lowest BCUT2D eigenvalue weighted by Crippen LogP contribution is -2.22. The number of anilines is 1. The Balaban J connectivity index is 1.50. The van der Waals surface area contributed by atoms with Crippen LogP contribution in [0.15, 0.2) is 53.0 Å². The summed E-state index contributed by atoms with van der Waals surface area (Å²) in [5, 5.41) is 6.84. The van der Waals surface area contributed by atoms with Gasteiger partial charge in [-0.05, 0) is 35.9 Å². The van der Waals surface area contributed by atoms with Crippen LogP contribution in [0.25, 0.3) is 0 Å². The minimum absolute atomic E-state index is 0.160. The molecule has 138 valence electrons. The molecule has 0 unspecified atom stereocenters. The number of aromatic nitrogens is 2. The topological polar surface area (TPSA) is 56.2 Å². The Bertz CT molecular complexity index is 1000. The molecule has 1 N–H and O–H groups in total. The van der Waals surface area contributed by atoms with E-state index in [9.17, 15) is 13.6 Å². The second kappa shape index (κ2) is 7.21. The summed E-state index contributed by atoms with van der Waals surface area (Å²) in [4.78, 5) is 12.4. The van der Waals surface area contributed by atoms with E-state index in [2.05, 4.69) is 26.3 Å². The lowest BCUT2D eigenvalue weighted by molar-refractivity contribution is -0.00119. The van der Waals surface area contributed by atoms with Crippen LogP contribution >= 0.6 is 15.9 Å². The molecule has 27 heavy (non-hydrogen) atoms. The normalized spacial score (nSPS) is 16.0. The number of ether oxygens (including phenoxy) is 1. The van der Waals surface area contributed by atoms with Gasteiger partial charge in [0.05, 0.1) is 18.8 Å². The molecule has 1 aliphatic heterocycles. The second-order valence-electron chi connectivity index (χ2n) is 6.14. The number of benzene rings is 2. The highest BCUT2D eigenvalue weighted by atomic mass is 79.9. The molecule has 0 bridgehead atoms. The lowest BCUT2D eigenvalue weighted by Gasteiger charge is -2.24. The van der Waals surface area contributed by atoms with Crippen LogP contribution in [0.2, 0.25) is 0 Å². The van der Waals surface area contributed by atoms with Crippen molar-refractivity contribution in [2.75, 3.05) is 5.32 Å².